The zero-order chi connectivity index (χ0) is 12.2. The second-order valence-corrected chi connectivity index (χ2v) is 3.61. The smallest absolute Gasteiger partial charge is 0.234 e. The molecule has 0 bridgehead atoms. The molecule has 0 aliphatic heterocycles. The van der Waals surface area contributed by atoms with Crippen molar-refractivity contribution in [3.05, 3.63) is 0 Å². The fourth-order valence-corrected chi connectivity index (χ4v) is 1.31. The number of nitrogens with zero attached hydrogens (tertiary/aromatic N) is 2. The van der Waals surface area contributed by atoms with E-state index in [1.54, 1.807) is 0 Å². The molecule has 0 fully saturated rings. The Morgan fingerprint density at radius 3 is 2.81 bits per heavy atom. The molecule has 92 valence electrons. The van der Waals surface area contributed by atoms with Crippen molar-refractivity contribution in [1.82, 2.24) is 10.2 Å². The molecule has 0 aromatic carbocycles. The van der Waals surface area contributed by atoms with Gasteiger partial charge in [-0.05, 0) is 13.0 Å². The molecule has 0 aliphatic rings. The molecule has 0 saturated heterocycles. The average Bonchev–Trinajstić information content (AvgIpc) is 2.26. The van der Waals surface area contributed by atoms with Crippen molar-refractivity contribution in [3.8, 4) is 6.07 Å². The van der Waals surface area contributed by atoms with E-state index in [-0.39, 0.29) is 12.5 Å². The number of carbonyl (C=O) groups excluding carboxylic acids is 1. The first-order valence-electron chi connectivity index (χ1n) is 5.71. The van der Waals surface area contributed by atoms with Crippen LogP contribution in [-0.2, 0) is 4.79 Å². The van der Waals surface area contributed by atoms with Gasteiger partial charge in [0.05, 0.1) is 25.6 Å². The molecule has 0 heterocycles. The molecule has 0 unspecified atom stereocenters. The third kappa shape index (κ3) is 8.21. The first-order valence-corrected chi connectivity index (χ1v) is 5.71. The molecule has 0 saturated carbocycles. The number of nitrogens with one attached hydrogen (secondary N) is 1. The van der Waals surface area contributed by atoms with Gasteiger partial charge in [-0.3, -0.25) is 9.69 Å². The highest BCUT2D eigenvalue weighted by Gasteiger charge is 2.08. The molecule has 0 radical (unpaired) electrons. The SMILES string of the molecule is CCCCN(CCO)CC(=O)NCCC#N. The van der Waals surface area contributed by atoms with E-state index in [2.05, 4.69) is 12.2 Å². The Morgan fingerprint density at radius 1 is 1.50 bits per heavy atom. The highest BCUT2D eigenvalue weighted by Crippen LogP contribution is 1.94. The normalized spacial score (nSPS) is 10.1. The Kier molecular flexibility index (Phi) is 9.67. The zero-order valence-corrected chi connectivity index (χ0v) is 9.91. The molecule has 5 nitrogen and oxygen atoms in total. The summed E-state index contributed by atoms with van der Waals surface area (Å²) in [5.74, 6) is -0.0835. The molecule has 0 aromatic rings. The third-order valence-electron chi connectivity index (χ3n) is 2.17. The van der Waals surface area contributed by atoms with Gasteiger partial charge in [0.1, 0.15) is 0 Å². The van der Waals surface area contributed by atoms with E-state index in [0.29, 0.717) is 26.1 Å². The minimum atomic E-state index is -0.0835. The van der Waals surface area contributed by atoms with Crippen molar-refractivity contribution in [3.63, 3.8) is 0 Å². The minimum Gasteiger partial charge on any atom is -0.395 e. The van der Waals surface area contributed by atoms with E-state index >= 15 is 0 Å². The van der Waals surface area contributed by atoms with Crippen molar-refractivity contribution in [1.29, 1.82) is 5.26 Å². The van der Waals surface area contributed by atoms with Gasteiger partial charge in [0.2, 0.25) is 5.91 Å². The molecule has 16 heavy (non-hydrogen) atoms. The van der Waals surface area contributed by atoms with Crippen LogP contribution in [0.15, 0.2) is 0 Å². The molecule has 0 rings (SSSR count). The van der Waals surface area contributed by atoms with E-state index in [9.17, 15) is 4.79 Å². The summed E-state index contributed by atoms with van der Waals surface area (Å²) in [6.07, 6.45) is 2.42. The number of aliphatic hydroxyl groups excluding tert-OH is 1. The lowest BCUT2D eigenvalue weighted by atomic mass is 10.3. The first kappa shape index (κ1) is 14.9. The fourth-order valence-electron chi connectivity index (χ4n) is 1.31. The molecule has 0 aromatic heterocycles. The maximum atomic E-state index is 11.4. The predicted molar refractivity (Wildman–Crippen MR) is 61.7 cm³/mol. The second-order valence-electron chi connectivity index (χ2n) is 3.61. The van der Waals surface area contributed by atoms with E-state index in [4.69, 9.17) is 10.4 Å². The largest absolute Gasteiger partial charge is 0.395 e. The Hall–Kier alpha value is -1.12. The van der Waals surface area contributed by atoms with Crippen LogP contribution in [0.5, 0.6) is 0 Å². The van der Waals surface area contributed by atoms with Gasteiger partial charge < -0.3 is 10.4 Å². The van der Waals surface area contributed by atoms with E-state index in [0.717, 1.165) is 19.4 Å². The summed E-state index contributed by atoms with van der Waals surface area (Å²) < 4.78 is 0. The molecular formula is C11H21N3O2. The van der Waals surface area contributed by atoms with Crippen LogP contribution in [0.25, 0.3) is 0 Å². The van der Waals surface area contributed by atoms with Crippen LogP contribution >= 0.6 is 0 Å². The van der Waals surface area contributed by atoms with Crippen LogP contribution in [0, 0.1) is 11.3 Å². The monoisotopic (exact) mass is 227 g/mol. The molecule has 0 aliphatic carbocycles. The van der Waals surface area contributed by atoms with Crippen molar-refractivity contribution < 1.29 is 9.90 Å². The molecule has 0 spiro atoms. The topological polar surface area (TPSA) is 76.4 Å². The van der Waals surface area contributed by atoms with Crippen LogP contribution in [0.1, 0.15) is 26.2 Å². The minimum absolute atomic E-state index is 0.0647. The summed E-state index contributed by atoms with van der Waals surface area (Å²) in [7, 11) is 0. The van der Waals surface area contributed by atoms with Crippen LogP contribution < -0.4 is 5.32 Å². The van der Waals surface area contributed by atoms with Gasteiger partial charge in [-0.1, -0.05) is 13.3 Å². The summed E-state index contributed by atoms with van der Waals surface area (Å²) in [5, 5.41) is 19.8. The summed E-state index contributed by atoms with van der Waals surface area (Å²) >= 11 is 0. The lowest BCUT2D eigenvalue weighted by Crippen LogP contribution is -2.39. The standard InChI is InChI=1S/C11H21N3O2/c1-2-3-7-14(8-9-15)10-11(16)13-6-4-5-12/h15H,2-4,6-10H2,1H3,(H,13,16). The molecule has 5 heteroatoms. The number of hydrogen-bond acceptors (Lipinski definition) is 4. The lowest BCUT2D eigenvalue weighted by molar-refractivity contribution is -0.122. The summed E-state index contributed by atoms with van der Waals surface area (Å²) in [5.41, 5.74) is 0. The van der Waals surface area contributed by atoms with Crippen molar-refractivity contribution in [2.45, 2.75) is 26.2 Å². The second kappa shape index (κ2) is 10.4. The Morgan fingerprint density at radius 2 is 2.25 bits per heavy atom. The summed E-state index contributed by atoms with van der Waals surface area (Å²) in [4.78, 5) is 13.3. The lowest BCUT2D eigenvalue weighted by Gasteiger charge is -2.20. The molecule has 0 atom stereocenters. The van der Waals surface area contributed by atoms with E-state index < -0.39 is 0 Å². The van der Waals surface area contributed by atoms with E-state index in [1.807, 2.05) is 11.0 Å². The number of nitriles is 1. The molecule has 2 N–H and O–H groups in total. The van der Waals surface area contributed by atoms with Gasteiger partial charge in [0.15, 0.2) is 0 Å². The summed E-state index contributed by atoms with van der Waals surface area (Å²) in [6, 6.07) is 1.97. The van der Waals surface area contributed by atoms with E-state index in [1.165, 1.54) is 0 Å². The quantitative estimate of drug-likeness (QED) is 0.548. The van der Waals surface area contributed by atoms with Gasteiger partial charge in [0.25, 0.3) is 0 Å². The maximum absolute atomic E-state index is 11.4. The van der Waals surface area contributed by atoms with Gasteiger partial charge in [-0.15, -0.1) is 0 Å². The Labute approximate surface area is 97.0 Å². The van der Waals surface area contributed by atoms with Crippen molar-refractivity contribution in [2.24, 2.45) is 0 Å². The number of amides is 1. The van der Waals surface area contributed by atoms with Gasteiger partial charge in [-0.2, -0.15) is 5.26 Å². The Bertz CT molecular complexity index is 226. The number of rotatable bonds is 9. The number of carbonyl (C=O) groups is 1. The maximum Gasteiger partial charge on any atom is 0.234 e. The van der Waals surface area contributed by atoms with Gasteiger partial charge in [0, 0.05) is 13.1 Å². The van der Waals surface area contributed by atoms with Crippen molar-refractivity contribution in [2.75, 3.05) is 32.8 Å². The van der Waals surface area contributed by atoms with Crippen LogP contribution in [0.4, 0.5) is 0 Å². The average molecular weight is 227 g/mol. The predicted octanol–water partition coefficient (Wildman–Crippen LogP) is 0.111. The van der Waals surface area contributed by atoms with Gasteiger partial charge in [-0.25, -0.2) is 0 Å². The number of unbranched alkanes of at least 4 members (excludes halogenated alkanes) is 1. The zero-order valence-electron chi connectivity index (χ0n) is 9.91. The van der Waals surface area contributed by atoms with Crippen molar-refractivity contribution >= 4 is 5.91 Å². The molecule has 1 amide bonds. The van der Waals surface area contributed by atoms with Crippen LogP contribution in [-0.4, -0.2) is 48.7 Å². The Balaban J connectivity index is 3.79. The third-order valence-corrected chi connectivity index (χ3v) is 2.17. The van der Waals surface area contributed by atoms with Gasteiger partial charge >= 0.3 is 0 Å². The van der Waals surface area contributed by atoms with Crippen LogP contribution in [0.2, 0.25) is 0 Å². The first-order chi connectivity index (χ1) is 7.74. The number of hydrogen-bond donors (Lipinski definition) is 2. The number of aliphatic hydroxyl groups is 1. The van der Waals surface area contributed by atoms with Crippen LogP contribution in [0.3, 0.4) is 0 Å². The fraction of sp³-hybridized carbons (Fsp3) is 0.818. The summed E-state index contributed by atoms with van der Waals surface area (Å²) in [6.45, 7) is 4.19. The highest BCUT2D eigenvalue weighted by molar-refractivity contribution is 5.77. The highest BCUT2D eigenvalue weighted by atomic mass is 16.3. The molecular weight excluding hydrogens is 206 g/mol.